The van der Waals surface area contributed by atoms with Gasteiger partial charge in [0.25, 0.3) is 0 Å². The normalized spacial score (nSPS) is 20.4. The predicted molar refractivity (Wildman–Crippen MR) is 76.7 cm³/mol. The largest absolute Gasteiger partial charge is 0.477 e. The minimum absolute atomic E-state index is 0.0828. The van der Waals surface area contributed by atoms with Crippen LogP contribution in [0.15, 0.2) is 10.3 Å². The molecule has 2 heterocycles. The molecule has 1 atom stereocenters. The topological polar surface area (TPSA) is 83.5 Å². The Morgan fingerprint density at radius 1 is 1.53 bits per heavy atom. The van der Waals surface area contributed by atoms with Crippen LogP contribution in [0, 0.1) is 6.92 Å². The molecule has 1 saturated heterocycles. The van der Waals surface area contributed by atoms with Crippen LogP contribution in [0.3, 0.4) is 0 Å². The molecule has 0 radical (unpaired) electrons. The maximum atomic E-state index is 12.3. The van der Waals surface area contributed by atoms with Gasteiger partial charge in [0.1, 0.15) is 9.77 Å². The van der Waals surface area contributed by atoms with Crippen LogP contribution >= 0.6 is 23.1 Å². The Morgan fingerprint density at radius 2 is 2.26 bits per heavy atom. The maximum Gasteiger partial charge on any atom is 0.347 e. The molecule has 2 rings (SSSR count). The summed E-state index contributed by atoms with van der Waals surface area (Å²) in [5.74, 6) is 0.595. The van der Waals surface area contributed by atoms with Crippen LogP contribution < -0.4 is 4.72 Å². The fourth-order valence-electron chi connectivity index (χ4n) is 2.03. The minimum Gasteiger partial charge on any atom is -0.477 e. The summed E-state index contributed by atoms with van der Waals surface area (Å²) < 4.78 is 27.3. The first-order valence-electron chi connectivity index (χ1n) is 5.83. The maximum absolute atomic E-state index is 12.3. The van der Waals surface area contributed by atoms with E-state index in [1.807, 2.05) is 0 Å². The van der Waals surface area contributed by atoms with Crippen molar-refractivity contribution in [2.45, 2.75) is 30.7 Å². The van der Waals surface area contributed by atoms with Crippen LogP contribution in [0.1, 0.15) is 28.1 Å². The number of nitrogens with one attached hydrogen (secondary N) is 1. The van der Waals surface area contributed by atoms with Crippen LogP contribution in [0.25, 0.3) is 0 Å². The van der Waals surface area contributed by atoms with Crippen molar-refractivity contribution in [3.8, 4) is 0 Å². The second kappa shape index (κ2) is 5.82. The third kappa shape index (κ3) is 3.31. The fourth-order valence-corrected chi connectivity index (χ4v) is 6.11. The molecule has 1 unspecified atom stereocenters. The van der Waals surface area contributed by atoms with Gasteiger partial charge in [-0.25, -0.2) is 17.9 Å². The lowest BCUT2D eigenvalue weighted by Crippen LogP contribution is -2.38. The summed E-state index contributed by atoms with van der Waals surface area (Å²) in [6.07, 6.45) is 1.78. The number of aromatic carboxylic acids is 1. The van der Waals surface area contributed by atoms with Gasteiger partial charge in [0, 0.05) is 11.8 Å². The predicted octanol–water partition coefficient (Wildman–Crippen LogP) is 1.93. The smallest absolute Gasteiger partial charge is 0.347 e. The van der Waals surface area contributed by atoms with E-state index >= 15 is 0 Å². The van der Waals surface area contributed by atoms with E-state index in [2.05, 4.69) is 4.72 Å². The zero-order valence-corrected chi connectivity index (χ0v) is 12.8. The molecular weight excluding hydrogens is 306 g/mol. The van der Waals surface area contributed by atoms with Gasteiger partial charge < -0.3 is 5.11 Å². The van der Waals surface area contributed by atoms with Crippen LogP contribution in [-0.4, -0.2) is 37.0 Å². The van der Waals surface area contributed by atoms with Crippen molar-refractivity contribution < 1.29 is 18.3 Å². The Balaban J connectivity index is 2.28. The molecule has 0 amide bonds. The third-order valence-electron chi connectivity index (χ3n) is 2.86. The van der Waals surface area contributed by atoms with Gasteiger partial charge in [0.2, 0.25) is 10.0 Å². The Bertz CT molecular complexity index is 573. The van der Waals surface area contributed by atoms with Crippen molar-refractivity contribution >= 4 is 39.1 Å². The molecule has 19 heavy (non-hydrogen) atoms. The molecule has 1 aromatic rings. The van der Waals surface area contributed by atoms with E-state index in [0.717, 1.165) is 35.7 Å². The van der Waals surface area contributed by atoms with E-state index in [0.29, 0.717) is 5.56 Å². The number of rotatable bonds is 4. The van der Waals surface area contributed by atoms with E-state index in [-0.39, 0.29) is 15.8 Å². The van der Waals surface area contributed by atoms with Crippen molar-refractivity contribution in [1.29, 1.82) is 0 Å². The molecule has 1 aliphatic rings. The van der Waals surface area contributed by atoms with Crippen molar-refractivity contribution in [3.63, 3.8) is 0 Å². The van der Waals surface area contributed by atoms with Crippen LogP contribution in [0.4, 0.5) is 0 Å². The second-order valence-corrected chi connectivity index (χ2v) is 8.10. The number of sulfonamides is 1. The van der Waals surface area contributed by atoms with Crippen molar-refractivity contribution in [2.24, 2.45) is 0 Å². The van der Waals surface area contributed by atoms with Gasteiger partial charge in [-0.15, -0.1) is 11.3 Å². The van der Waals surface area contributed by atoms with Crippen molar-refractivity contribution in [1.82, 2.24) is 4.72 Å². The van der Waals surface area contributed by atoms with Gasteiger partial charge in [0.15, 0.2) is 0 Å². The number of thioether (sulfide) groups is 1. The van der Waals surface area contributed by atoms with E-state index in [1.54, 1.807) is 24.1 Å². The summed E-state index contributed by atoms with van der Waals surface area (Å²) in [4.78, 5) is 10.9. The van der Waals surface area contributed by atoms with Gasteiger partial charge in [-0.2, -0.15) is 11.8 Å². The highest BCUT2D eigenvalue weighted by Gasteiger charge is 2.29. The van der Waals surface area contributed by atoms with Gasteiger partial charge in [0.05, 0.1) is 0 Å². The third-order valence-corrected chi connectivity index (χ3v) is 7.00. The van der Waals surface area contributed by atoms with Gasteiger partial charge >= 0.3 is 5.97 Å². The zero-order chi connectivity index (χ0) is 14.0. The average Bonchev–Trinajstić information content (AvgIpc) is 2.73. The monoisotopic (exact) mass is 321 g/mol. The number of hydrogen-bond acceptors (Lipinski definition) is 5. The Kier molecular flexibility index (Phi) is 4.54. The fraction of sp³-hybridized carbons (Fsp3) is 0.545. The molecule has 1 aliphatic heterocycles. The minimum atomic E-state index is -3.76. The number of thiophene rings is 1. The van der Waals surface area contributed by atoms with Gasteiger partial charge in [-0.05, 0) is 36.5 Å². The lowest BCUT2D eigenvalue weighted by atomic mass is 10.2. The average molecular weight is 321 g/mol. The molecule has 2 N–H and O–H groups in total. The number of hydrogen-bond donors (Lipinski definition) is 2. The lowest BCUT2D eigenvalue weighted by molar-refractivity contribution is 0.0698. The van der Waals surface area contributed by atoms with E-state index in [9.17, 15) is 13.2 Å². The molecule has 0 aliphatic carbocycles. The molecule has 5 nitrogen and oxygen atoms in total. The number of carboxylic acids is 1. The first kappa shape index (κ1) is 14.8. The standard InChI is InChI=1S/C11H15NO4S3/c1-7-5-18-9(11(13)14)10(7)19(15,16)12-8-3-2-4-17-6-8/h5,8,12H,2-4,6H2,1H3,(H,13,14). The number of carbonyl (C=O) groups is 1. The Morgan fingerprint density at radius 3 is 2.84 bits per heavy atom. The Labute approximate surface area is 120 Å². The van der Waals surface area contributed by atoms with Crippen molar-refractivity contribution in [2.75, 3.05) is 11.5 Å². The highest BCUT2D eigenvalue weighted by Crippen LogP contribution is 2.28. The van der Waals surface area contributed by atoms with Crippen LogP contribution in [0.2, 0.25) is 0 Å². The summed E-state index contributed by atoms with van der Waals surface area (Å²) >= 11 is 2.66. The quantitative estimate of drug-likeness (QED) is 0.885. The molecule has 0 spiro atoms. The molecule has 1 fully saturated rings. The van der Waals surface area contributed by atoms with E-state index in [1.165, 1.54) is 0 Å². The molecular formula is C11H15NO4S3. The lowest BCUT2D eigenvalue weighted by Gasteiger charge is -2.22. The summed E-state index contributed by atoms with van der Waals surface area (Å²) in [7, 11) is -3.76. The van der Waals surface area contributed by atoms with E-state index in [4.69, 9.17) is 5.11 Å². The molecule has 8 heteroatoms. The molecule has 1 aromatic heterocycles. The number of aryl methyl sites for hydroxylation is 1. The SMILES string of the molecule is Cc1csc(C(=O)O)c1S(=O)(=O)NC1CCCSC1. The van der Waals surface area contributed by atoms with Crippen LogP contribution in [0.5, 0.6) is 0 Å². The highest BCUT2D eigenvalue weighted by atomic mass is 32.2. The van der Waals surface area contributed by atoms with Crippen molar-refractivity contribution in [3.05, 3.63) is 15.8 Å². The molecule has 0 bridgehead atoms. The van der Waals surface area contributed by atoms with Gasteiger partial charge in [-0.1, -0.05) is 0 Å². The zero-order valence-electron chi connectivity index (χ0n) is 10.4. The number of carboxylic acid groups (broad SMARTS) is 1. The Hall–Kier alpha value is -0.570. The highest BCUT2D eigenvalue weighted by molar-refractivity contribution is 7.99. The molecule has 0 saturated carbocycles. The van der Waals surface area contributed by atoms with Crippen LogP contribution in [-0.2, 0) is 10.0 Å². The second-order valence-electron chi connectivity index (χ2n) is 4.42. The van der Waals surface area contributed by atoms with Gasteiger partial charge in [-0.3, -0.25) is 0 Å². The first-order valence-corrected chi connectivity index (χ1v) is 9.35. The summed E-state index contributed by atoms with van der Waals surface area (Å²) in [5.41, 5.74) is 0.485. The summed E-state index contributed by atoms with van der Waals surface area (Å²) in [6.45, 7) is 1.62. The summed E-state index contributed by atoms with van der Waals surface area (Å²) in [6, 6.07) is -0.107. The molecule has 106 valence electrons. The van der Waals surface area contributed by atoms with E-state index < -0.39 is 16.0 Å². The first-order chi connectivity index (χ1) is 8.92. The summed E-state index contributed by atoms with van der Waals surface area (Å²) in [5, 5.41) is 10.6. The molecule has 0 aromatic carbocycles.